The predicted molar refractivity (Wildman–Crippen MR) is 132 cm³/mol. The summed E-state index contributed by atoms with van der Waals surface area (Å²) in [5, 5.41) is 6.84. The number of halogens is 2. The van der Waals surface area contributed by atoms with Gasteiger partial charge < -0.3 is 10.6 Å². The molecule has 0 radical (unpaired) electrons. The van der Waals surface area contributed by atoms with Crippen molar-refractivity contribution in [2.24, 2.45) is 0 Å². The first-order valence-electron chi connectivity index (χ1n) is 10.8. The van der Waals surface area contributed by atoms with Gasteiger partial charge in [-0.25, -0.2) is 4.79 Å². The van der Waals surface area contributed by atoms with E-state index in [0.29, 0.717) is 22.0 Å². The second-order valence-corrected chi connectivity index (χ2v) is 8.92. The maximum Gasteiger partial charge on any atom is 0.325 e. The molecule has 2 N–H and O–H groups in total. The number of amides is 4. The van der Waals surface area contributed by atoms with Crippen LogP contribution in [0.25, 0.3) is 0 Å². The van der Waals surface area contributed by atoms with Gasteiger partial charge in [0.2, 0.25) is 5.91 Å². The SMILES string of the molecule is CCC1(c2ccc(Cl)cc2)NC(=O)N(CC(=O)NC(c2ccccc2)c2ccc(Cl)cc2)C1=O. The highest BCUT2D eigenvalue weighted by Gasteiger charge is 2.51. The molecule has 3 aromatic carbocycles. The number of imide groups is 1. The van der Waals surface area contributed by atoms with E-state index in [-0.39, 0.29) is 0 Å². The van der Waals surface area contributed by atoms with Crippen LogP contribution in [0, 0.1) is 0 Å². The Hall–Kier alpha value is -3.35. The van der Waals surface area contributed by atoms with Crippen LogP contribution in [0.4, 0.5) is 4.79 Å². The van der Waals surface area contributed by atoms with E-state index in [1.807, 2.05) is 49.4 Å². The van der Waals surface area contributed by atoms with Crippen LogP contribution < -0.4 is 10.6 Å². The highest BCUT2D eigenvalue weighted by molar-refractivity contribution is 6.30. The fourth-order valence-corrected chi connectivity index (χ4v) is 4.41. The predicted octanol–water partition coefficient (Wildman–Crippen LogP) is 5.06. The molecule has 1 aliphatic rings. The van der Waals surface area contributed by atoms with Gasteiger partial charge in [0.1, 0.15) is 12.1 Å². The average Bonchev–Trinajstić information content (AvgIpc) is 3.09. The van der Waals surface area contributed by atoms with Crippen LogP contribution in [-0.2, 0) is 15.1 Å². The van der Waals surface area contributed by atoms with Crippen molar-refractivity contribution in [1.29, 1.82) is 0 Å². The molecule has 6 nitrogen and oxygen atoms in total. The lowest BCUT2D eigenvalue weighted by Crippen LogP contribution is -2.45. The number of carbonyl (C=O) groups is 3. The van der Waals surface area contributed by atoms with Crippen molar-refractivity contribution < 1.29 is 14.4 Å². The monoisotopic (exact) mass is 495 g/mol. The van der Waals surface area contributed by atoms with E-state index < -0.39 is 36.0 Å². The molecule has 34 heavy (non-hydrogen) atoms. The summed E-state index contributed by atoms with van der Waals surface area (Å²) in [5.74, 6) is -0.935. The molecule has 8 heteroatoms. The molecule has 4 rings (SSSR count). The number of nitrogens with zero attached hydrogens (tertiary/aromatic N) is 1. The number of hydrogen-bond acceptors (Lipinski definition) is 3. The summed E-state index contributed by atoms with van der Waals surface area (Å²) in [6.45, 7) is 1.40. The molecule has 4 amide bonds. The van der Waals surface area contributed by atoms with Crippen molar-refractivity contribution >= 4 is 41.0 Å². The Kier molecular flexibility index (Phi) is 6.91. The average molecular weight is 496 g/mol. The van der Waals surface area contributed by atoms with Gasteiger partial charge in [0.25, 0.3) is 5.91 Å². The second kappa shape index (κ2) is 9.87. The van der Waals surface area contributed by atoms with Gasteiger partial charge >= 0.3 is 6.03 Å². The summed E-state index contributed by atoms with van der Waals surface area (Å²) in [6, 6.07) is 22.3. The van der Waals surface area contributed by atoms with Crippen molar-refractivity contribution in [3.63, 3.8) is 0 Å². The molecule has 174 valence electrons. The fraction of sp³-hybridized carbons (Fsp3) is 0.192. The summed E-state index contributed by atoms with van der Waals surface area (Å²) in [7, 11) is 0. The van der Waals surface area contributed by atoms with Crippen LogP contribution in [-0.4, -0.2) is 29.3 Å². The number of hydrogen-bond donors (Lipinski definition) is 2. The highest BCUT2D eigenvalue weighted by atomic mass is 35.5. The molecule has 2 unspecified atom stereocenters. The van der Waals surface area contributed by atoms with Crippen LogP contribution in [0.2, 0.25) is 10.0 Å². The minimum Gasteiger partial charge on any atom is -0.344 e. The summed E-state index contributed by atoms with van der Waals surface area (Å²) in [6.07, 6.45) is 0.328. The lowest BCUT2D eigenvalue weighted by molar-refractivity contribution is -0.135. The third kappa shape index (κ3) is 4.65. The van der Waals surface area contributed by atoms with Gasteiger partial charge in [0.15, 0.2) is 0 Å². The number of rotatable bonds is 7. The second-order valence-electron chi connectivity index (χ2n) is 8.05. The number of benzene rings is 3. The smallest absolute Gasteiger partial charge is 0.325 e. The largest absolute Gasteiger partial charge is 0.344 e. The summed E-state index contributed by atoms with van der Waals surface area (Å²) >= 11 is 12.0. The van der Waals surface area contributed by atoms with Gasteiger partial charge in [0.05, 0.1) is 6.04 Å². The van der Waals surface area contributed by atoms with Crippen molar-refractivity contribution in [1.82, 2.24) is 15.5 Å². The quantitative estimate of drug-likeness (QED) is 0.449. The third-order valence-electron chi connectivity index (χ3n) is 5.99. The molecular formula is C26H23Cl2N3O3. The summed E-state index contributed by atoms with van der Waals surface area (Å²) in [5.41, 5.74) is 1.06. The normalized spacial score (nSPS) is 18.5. The van der Waals surface area contributed by atoms with Crippen molar-refractivity contribution in [3.05, 3.63) is 106 Å². The minimum atomic E-state index is -1.24. The summed E-state index contributed by atoms with van der Waals surface area (Å²) in [4.78, 5) is 40.2. The standard InChI is InChI=1S/C26H23Cl2N3O3/c1-2-26(19-10-14-21(28)15-11-19)24(33)31(25(34)30-26)16-22(32)29-23(17-6-4-3-5-7-17)18-8-12-20(27)13-9-18/h3-15,23H,2,16H2,1H3,(H,29,32)(H,30,34). The molecule has 0 saturated carbocycles. The molecule has 1 aliphatic heterocycles. The Bertz CT molecular complexity index is 1200. The van der Waals surface area contributed by atoms with E-state index in [1.165, 1.54) is 0 Å². The first-order chi connectivity index (χ1) is 16.3. The Morgan fingerprint density at radius 3 is 2.06 bits per heavy atom. The molecule has 1 saturated heterocycles. The van der Waals surface area contributed by atoms with Crippen LogP contribution in [0.1, 0.15) is 36.1 Å². The van der Waals surface area contributed by atoms with Crippen LogP contribution in [0.15, 0.2) is 78.9 Å². The van der Waals surface area contributed by atoms with Crippen molar-refractivity contribution in [2.45, 2.75) is 24.9 Å². The maximum atomic E-state index is 13.4. The third-order valence-corrected chi connectivity index (χ3v) is 6.49. The van der Waals surface area contributed by atoms with Crippen LogP contribution in [0.3, 0.4) is 0 Å². The van der Waals surface area contributed by atoms with E-state index in [1.54, 1.807) is 36.4 Å². The van der Waals surface area contributed by atoms with Gasteiger partial charge in [-0.1, -0.05) is 84.7 Å². The molecule has 1 heterocycles. The summed E-state index contributed by atoms with van der Waals surface area (Å²) < 4.78 is 0. The van der Waals surface area contributed by atoms with E-state index in [9.17, 15) is 14.4 Å². The Morgan fingerprint density at radius 1 is 0.912 bits per heavy atom. The van der Waals surface area contributed by atoms with Gasteiger partial charge in [-0.2, -0.15) is 0 Å². The first kappa shape index (κ1) is 23.8. The topological polar surface area (TPSA) is 78.5 Å². The molecule has 0 aromatic heterocycles. The zero-order valence-corrected chi connectivity index (χ0v) is 19.9. The van der Waals surface area contributed by atoms with E-state index in [4.69, 9.17) is 23.2 Å². The number of urea groups is 1. The number of nitrogens with one attached hydrogen (secondary N) is 2. The lowest BCUT2D eigenvalue weighted by Gasteiger charge is -2.26. The van der Waals surface area contributed by atoms with E-state index >= 15 is 0 Å². The van der Waals surface area contributed by atoms with Crippen molar-refractivity contribution in [2.75, 3.05) is 6.54 Å². The molecule has 0 bridgehead atoms. The molecule has 2 atom stereocenters. The Balaban J connectivity index is 1.56. The fourth-order valence-electron chi connectivity index (χ4n) is 4.15. The van der Waals surface area contributed by atoms with Crippen LogP contribution in [0.5, 0.6) is 0 Å². The first-order valence-corrected chi connectivity index (χ1v) is 11.6. The zero-order chi connectivity index (χ0) is 24.3. The van der Waals surface area contributed by atoms with Gasteiger partial charge in [-0.3, -0.25) is 14.5 Å². The lowest BCUT2D eigenvalue weighted by atomic mass is 9.87. The Morgan fingerprint density at radius 2 is 1.47 bits per heavy atom. The molecular weight excluding hydrogens is 473 g/mol. The number of carbonyl (C=O) groups excluding carboxylic acids is 3. The molecule has 1 fully saturated rings. The van der Waals surface area contributed by atoms with Gasteiger partial charge in [-0.15, -0.1) is 0 Å². The Labute approximate surface area is 207 Å². The molecule has 0 spiro atoms. The van der Waals surface area contributed by atoms with E-state index in [0.717, 1.165) is 16.0 Å². The molecule has 0 aliphatic carbocycles. The maximum absolute atomic E-state index is 13.4. The zero-order valence-electron chi connectivity index (χ0n) is 18.4. The molecule has 3 aromatic rings. The van der Waals surface area contributed by atoms with Crippen LogP contribution >= 0.6 is 23.2 Å². The van der Waals surface area contributed by atoms with Gasteiger partial charge in [0, 0.05) is 10.0 Å². The highest BCUT2D eigenvalue weighted by Crippen LogP contribution is 2.33. The van der Waals surface area contributed by atoms with Gasteiger partial charge in [-0.05, 0) is 47.4 Å². The minimum absolute atomic E-state index is 0.328. The van der Waals surface area contributed by atoms with Crippen molar-refractivity contribution in [3.8, 4) is 0 Å². The van der Waals surface area contributed by atoms with E-state index in [2.05, 4.69) is 10.6 Å².